The molecule has 1 unspecified atom stereocenters. The molecule has 1 aliphatic rings. The van der Waals surface area contributed by atoms with Crippen molar-refractivity contribution in [3.8, 4) is 11.5 Å². The number of nitrogens with zero attached hydrogens (tertiary/aromatic N) is 1. The highest BCUT2D eigenvalue weighted by atomic mass is 32.1. The molecule has 1 aliphatic heterocycles. The Morgan fingerprint density at radius 3 is 3.00 bits per heavy atom. The second-order valence-corrected chi connectivity index (χ2v) is 5.83. The first kappa shape index (κ1) is 14.6. The largest absolute Gasteiger partial charge is 0.485 e. The van der Waals surface area contributed by atoms with E-state index in [0.717, 1.165) is 18.5 Å². The Morgan fingerprint density at radius 2 is 2.23 bits per heavy atom. The van der Waals surface area contributed by atoms with Gasteiger partial charge in [-0.05, 0) is 25.0 Å². The molecule has 2 heterocycles. The van der Waals surface area contributed by atoms with E-state index < -0.39 is 6.10 Å². The molecule has 1 aromatic carbocycles. The molecule has 1 amide bonds. The number of thiazole rings is 1. The van der Waals surface area contributed by atoms with Gasteiger partial charge in [0, 0.05) is 11.9 Å². The summed E-state index contributed by atoms with van der Waals surface area (Å²) in [4.78, 5) is 16.3. The van der Waals surface area contributed by atoms with Crippen LogP contribution in [-0.4, -0.2) is 30.1 Å². The van der Waals surface area contributed by atoms with Crippen molar-refractivity contribution in [1.29, 1.82) is 0 Å². The van der Waals surface area contributed by atoms with Crippen molar-refractivity contribution in [3.05, 3.63) is 35.3 Å². The fourth-order valence-electron chi connectivity index (χ4n) is 2.18. The van der Waals surface area contributed by atoms with Crippen LogP contribution in [0.1, 0.15) is 12.1 Å². The molecule has 6 nitrogen and oxygen atoms in total. The number of carbonyl (C=O) groups is 1. The predicted octanol–water partition coefficient (Wildman–Crippen LogP) is 1.61. The van der Waals surface area contributed by atoms with E-state index in [1.165, 1.54) is 11.3 Å². The van der Waals surface area contributed by atoms with Gasteiger partial charge in [0.25, 0.3) is 5.91 Å². The quantitative estimate of drug-likeness (QED) is 0.818. The number of benzene rings is 1. The van der Waals surface area contributed by atoms with E-state index >= 15 is 0 Å². The zero-order valence-corrected chi connectivity index (χ0v) is 12.8. The smallest absolute Gasteiger partial charge is 0.264 e. The van der Waals surface area contributed by atoms with E-state index in [1.807, 2.05) is 23.6 Å². The van der Waals surface area contributed by atoms with Crippen LogP contribution in [0.4, 0.5) is 5.13 Å². The van der Waals surface area contributed by atoms with Crippen LogP contribution >= 0.6 is 11.3 Å². The molecule has 116 valence electrons. The lowest BCUT2D eigenvalue weighted by atomic mass is 10.2. The van der Waals surface area contributed by atoms with Gasteiger partial charge in [0.05, 0.1) is 5.69 Å². The van der Waals surface area contributed by atoms with Gasteiger partial charge in [0.2, 0.25) is 6.10 Å². The van der Waals surface area contributed by atoms with Gasteiger partial charge >= 0.3 is 0 Å². The summed E-state index contributed by atoms with van der Waals surface area (Å²) in [6.07, 6.45) is 0.989. The second-order valence-electron chi connectivity index (χ2n) is 4.94. The molecule has 0 spiro atoms. The highest BCUT2D eigenvalue weighted by molar-refractivity contribution is 7.13. The summed E-state index contributed by atoms with van der Waals surface area (Å²) in [5.41, 5.74) is 6.54. The van der Waals surface area contributed by atoms with Gasteiger partial charge in [0.15, 0.2) is 16.6 Å². The molecule has 2 aromatic rings. The molecule has 22 heavy (non-hydrogen) atoms. The number of para-hydroxylation sites is 2. The molecule has 0 bridgehead atoms. The molecular weight excluding hydrogens is 302 g/mol. The number of hydrogen-bond acceptors (Lipinski definition) is 6. The molecular formula is C15H17N3O3S. The van der Waals surface area contributed by atoms with E-state index in [9.17, 15) is 4.79 Å². The maximum atomic E-state index is 12.1. The molecule has 0 saturated heterocycles. The molecule has 0 saturated carbocycles. The molecule has 7 heteroatoms. The maximum Gasteiger partial charge on any atom is 0.264 e. The van der Waals surface area contributed by atoms with E-state index in [2.05, 4.69) is 10.3 Å². The summed E-state index contributed by atoms with van der Waals surface area (Å²) in [6.45, 7) is 0.795. The molecule has 0 fully saturated rings. The fourth-order valence-corrected chi connectivity index (χ4v) is 2.78. The summed E-state index contributed by atoms with van der Waals surface area (Å²) in [5, 5.41) is 5.37. The highest BCUT2D eigenvalue weighted by Crippen LogP contribution is 2.30. The summed E-state index contributed by atoms with van der Waals surface area (Å²) >= 11 is 1.43. The number of nitrogens with one attached hydrogen (secondary N) is 1. The lowest BCUT2D eigenvalue weighted by Crippen LogP contribution is -2.44. The highest BCUT2D eigenvalue weighted by Gasteiger charge is 2.26. The Hall–Kier alpha value is -2.28. The van der Waals surface area contributed by atoms with Crippen LogP contribution in [0.2, 0.25) is 0 Å². The minimum absolute atomic E-state index is 0.160. The molecule has 3 N–H and O–H groups in total. The van der Waals surface area contributed by atoms with Gasteiger partial charge < -0.3 is 20.5 Å². The van der Waals surface area contributed by atoms with E-state index in [0.29, 0.717) is 23.2 Å². The zero-order chi connectivity index (χ0) is 15.4. The van der Waals surface area contributed by atoms with E-state index in [1.54, 1.807) is 6.07 Å². The monoisotopic (exact) mass is 319 g/mol. The van der Waals surface area contributed by atoms with Crippen LogP contribution in [0, 0.1) is 0 Å². The topological polar surface area (TPSA) is 86.5 Å². The van der Waals surface area contributed by atoms with Gasteiger partial charge in [-0.1, -0.05) is 12.1 Å². The Kier molecular flexibility index (Phi) is 4.43. The van der Waals surface area contributed by atoms with Crippen LogP contribution in [-0.2, 0) is 11.2 Å². The van der Waals surface area contributed by atoms with Gasteiger partial charge in [-0.3, -0.25) is 4.79 Å². The SMILES string of the molecule is Nc1nc(CCCNC(=O)C2COc3ccccc3O2)cs1. The number of nitrogens with two attached hydrogens (primary N) is 1. The van der Waals surface area contributed by atoms with Gasteiger partial charge in [-0.2, -0.15) is 0 Å². The van der Waals surface area contributed by atoms with Crippen molar-refractivity contribution < 1.29 is 14.3 Å². The predicted molar refractivity (Wildman–Crippen MR) is 84.2 cm³/mol. The average Bonchev–Trinajstić information content (AvgIpc) is 2.96. The number of carbonyl (C=O) groups excluding carboxylic acids is 1. The second kappa shape index (κ2) is 6.65. The van der Waals surface area contributed by atoms with E-state index in [-0.39, 0.29) is 12.5 Å². The van der Waals surface area contributed by atoms with Gasteiger partial charge in [-0.25, -0.2) is 4.98 Å². The third kappa shape index (κ3) is 3.48. The third-order valence-electron chi connectivity index (χ3n) is 3.28. The number of rotatable bonds is 5. The lowest BCUT2D eigenvalue weighted by Gasteiger charge is -2.25. The number of anilines is 1. The first-order chi connectivity index (χ1) is 10.7. The fraction of sp³-hybridized carbons (Fsp3) is 0.333. The average molecular weight is 319 g/mol. The Bertz CT molecular complexity index is 659. The van der Waals surface area contributed by atoms with Crippen molar-refractivity contribution in [3.63, 3.8) is 0 Å². The Morgan fingerprint density at radius 1 is 1.41 bits per heavy atom. The minimum atomic E-state index is -0.607. The number of aryl methyl sites for hydroxylation is 1. The van der Waals surface area contributed by atoms with E-state index in [4.69, 9.17) is 15.2 Å². The number of amides is 1. The van der Waals surface area contributed by atoms with Crippen molar-refractivity contribution in [2.24, 2.45) is 0 Å². The number of nitrogen functional groups attached to an aromatic ring is 1. The molecule has 1 atom stereocenters. The number of hydrogen-bond donors (Lipinski definition) is 2. The third-order valence-corrected chi connectivity index (χ3v) is 4.00. The van der Waals surface area contributed by atoms with Crippen molar-refractivity contribution in [2.45, 2.75) is 18.9 Å². The standard InChI is InChI=1S/C15H17N3O3S/c16-15-18-10(9-22-15)4-3-7-17-14(19)13-8-20-11-5-1-2-6-12(11)21-13/h1-2,5-6,9,13H,3-4,7-8H2,(H2,16,18)(H,17,19). The van der Waals surface area contributed by atoms with Gasteiger partial charge in [0.1, 0.15) is 6.61 Å². The normalized spacial score (nSPS) is 16.3. The van der Waals surface area contributed by atoms with Gasteiger partial charge in [-0.15, -0.1) is 11.3 Å². The number of aromatic nitrogens is 1. The van der Waals surface area contributed by atoms with Crippen LogP contribution in [0.25, 0.3) is 0 Å². The summed E-state index contributed by atoms with van der Waals surface area (Å²) in [6, 6.07) is 7.33. The summed E-state index contributed by atoms with van der Waals surface area (Å²) in [5.74, 6) is 1.12. The minimum Gasteiger partial charge on any atom is -0.485 e. The molecule has 0 radical (unpaired) electrons. The first-order valence-electron chi connectivity index (χ1n) is 7.08. The number of ether oxygens (including phenoxy) is 2. The summed E-state index contributed by atoms with van der Waals surface area (Å²) in [7, 11) is 0. The number of fused-ring (bicyclic) bond motifs is 1. The molecule has 0 aliphatic carbocycles. The van der Waals surface area contributed by atoms with Crippen LogP contribution in [0.5, 0.6) is 11.5 Å². The molecule has 3 rings (SSSR count). The lowest BCUT2D eigenvalue weighted by molar-refractivity contribution is -0.130. The van der Waals surface area contributed by atoms with Crippen molar-refractivity contribution in [2.75, 3.05) is 18.9 Å². The Labute approximate surface area is 132 Å². The van der Waals surface area contributed by atoms with Crippen molar-refractivity contribution in [1.82, 2.24) is 10.3 Å². The molecule has 1 aromatic heterocycles. The van der Waals surface area contributed by atoms with Crippen LogP contribution in [0.15, 0.2) is 29.6 Å². The zero-order valence-electron chi connectivity index (χ0n) is 12.0. The first-order valence-corrected chi connectivity index (χ1v) is 7.96. The van der Waals surface area contributed by atoms with Crippen LogP contribution in [0.3, 0.4) is 0 Å². The summed E-state index contributed by atoms with van der Waals surface area (Å²) < 4.78 is 11.2. The Balaban J connectivity index is 1.43. The van der Waals surface area contributed by atoms with Crippen molar-refractivity contribution >= 4 is 22.4 Å². The maximum absolute atomic E-state index is 12.1. The van der Waals surface area contributed by atoms with Crippen LogP contribution < -0.4 is 20.5 Å².